The van der Waals surface area contributed by atoms with E-state index in [4.69, 9.17) is 5.11 Å². The molecular weight excluding hydrogens is 318 g/mol. The third kappa shape index (κ3) is 4.19. The normalized spacial score (nSPS) is 20.2. The van der Waals surface area contributed by atoms with Gasteiger partial charge in [0.2, 0.25) is 0 Å². The molecule has 0 aliphatic carbocycles. The van der Waals surface area contributed by atoms with Crippen LogP contribution in [0, 0.1) is 0 Å². The lowest BCUT2D eigenvalue weighted by molar-refractivity contribution is -0.136. The van der Waals surface area contributed by atoms with E-state index in [1.165, 1.54) is 11.1 Å². The minimum Gasteiger partial charge on any atom is -0.481 e. The first kappa shape index (κ1) is 17.1. The van der Waals surface area contributed by atoms with Crippen molar-refractivity contribution in [2.75, 3.05) is 12.3 Å². The van der Waals surface area contributed by atoms with Crippen molar-refractivity contribution in [2.45, 2.75) is 31.1 Å². The zero-order chi connectivity index (χ0) is 16.8. The highest BCUT2D eigenvalue weighted by Gasteiger charge is 2.35. The summed E-state index contributed by atoms with van der Waals surface area (Å²) in [4.78, 5) is 10.7. The molecule has 0 spiro atoms. The number of carboxylic acid groups (broad SMARTS) is 1. The summed E-state index contributed by atoms with van der Waals surface area (Å²) in [6, 6.07) is 18.8. The van der Waals surface area contributed by atoms with Gasteiger partial charge >= 0.3 is 5.97 Å². The maximum Gasteiger partial charge on any atom is 0.307 e. The molecule has 1 saturated heterocycles. The number of aryl methyl sites for hydroxylation is 1. The standard InChI is InChI=1S/C20H23NO2S/c22-19(23)13-17-10-8-16(9-11-17)5-4-12-20(14-21-24-15-20)18-6-2-1-3-7-18/h1-3,6-11,21H,4-5,12-15H2,(H,22,23). The number of benzene rings is 2. The average Bonchev–Trinajstić information content (AvgIpc) is 3.07. The van der Waals surface area contributed by atoms with Crippen molar-refractivity contribution < 1.29 is 9.90 Å². The molecule has 0 bridgehead atoms. The number of hydrogen-bond acceptors (Lipinski definition) is 3. The Morgan fingerprint density at radius 3 is 2.42 bits per heavy atom. The van der Waals surface area contributed by atoms with Crippen LogP contribution in [-0.2, 0) is 23.1 Å². The van der Waals surface area contributed by atoms with Gasteiger partial charge in [-0.25, -0.2) is 0 Å². The fourth-order valence-electron chi connectivity index (χ4n) is 3.34. The zero-order valence-electron chi connectivity index (χ0n) is 13.7. The van der Waals surface area contributed by atoms with Crippen LogP contribution in [0.15, 0.2) is 54.6 Å². The number of carbonyl (C=O) groups is 1. The SMILES string of the molecule is O=C(O)Cc1ccc(CCCC2(c3ccccc3)CNSC2)cc1. The van der Waals surface area contributed by atoms with E-state index >= 15 is 0 Å². The molecule has 2 aromatic rings. The number of aliphatic carboxylic acids is 1. The van der Waals surface area contributed by atoms with Gasteiger partial charge < -0.3 is 5.11 Å². The van der Waals surface area contributed by atoms with Crippen molar-refractivity contribution >= 4 is 17.9 Å². The lowest BCUT2D eigenvalue weighted by Crippen LogP contribution is -2.31. The molecule has 1 aliphatic heterocycles. The lowest BCUT2D eigenvalue weighted by atomic mass is 9.78. The topological polar surface area (TPSA) is 49.3 Å². The van der Waals surface area contributed by atoms with Gasteiger partial charge in [-0.15, -0.1) is 0 Å². The van der Waals surface area contributed by atoms with E-state index in [0.29, 0.717) is 0 Å². The van der Waals surface area contributed by atoms with Crippen LogP contribution in [0.25, 0.3) is 0 Å². The number of rotatable bonds is 7. The van der Waals surface area contributed by atoms with Gasteiger partial charge in [-0.2, -0.15) is 0 Å². The summed E-state index contributed by atoms with van der Waals surface area (Å²) in [5, 5.41) is 8.83. The molecule has 0 saturated carbocycles. The van der Waals surface area contributed by atoms with E-state index in [9.17, 15) is 4.79 Å². The Balaban J connectivity index is 1.59. The summed E-state index contributed by atoms with van der Waals surface area (Å²) in [5.41, 5.74) is 3.81. The summed E-state index contributed by atoms with van der Waals surface area (Å²) in [6.07, 6.45) is 3.43. The number of hydrogen-bond donors (Lipinski definition) is 2. The molecule has 126 valence electrons. The first-order chi connectivity index (χ1) is 11.7. The maximum absolute atomic E-state index is 10.7. The van der Waals surface area contributed by atoms with E-state index in [2.05, 4.69) is 47.2 Å². The average molecular weight is 341 g/mol. The molecular formula is C20H23NO2S. The van der Waals surface area contributed by atoms with Crippen molar-refractivity contribution in [3.05, 3.63) is 71.3 Å². The van der Waals surface area contributed by atoms with Crippen molar-refractivity contribution in [1.82, 2.24) is 4.72 Å². The predicted molar refractivity (Wildman–Crippen MR) is 99.3 cm³/mol. The third-order valence-corrected chi connectivity index (χ3v) is 5.79. The van der Waals surface area contributed by atoms with Crippen LogP contribution in [0.3, 0.4) is 0 Å². The van der Waals surface area contributed by atoms with E-state index in [1.807, 2.05) is 24.1 Å². The summed E-state index contributed by atoms with van der Waals surface area (Å²) in [7, 11) is 0. The quantitative estimate of drug-likeness (QED) is 0.752. The summed E-state index contributed by atoms with van der Waals surface area (Å²) >= 11 is 1.82. The van der Waals surface area contributed by atoms with E-state index in [-0.39, 0.29) is 11.8 Å². The summed E-state index contributed by atoms with van der Waals surface area (Å²) < 4.78 is 3.45. The Hall–Kier alpha value is -1.78. The molecule has 3 rings (SSSR count). The minimum atomic E-state index is -0.779. The van der Waals surface area contributed by atoms with Gasteiger partial charge in [0.25, 0.3) is 0 Å². The smallest absolute Gasteiger partial charge is 0.307 e. The highest BCUT2D eigenvalue weighted by Crippen LogP contribution is 2.36. The summed E-state index contributed by atoms with van der Waals surface area (Å²) in [6.45, 7) is 1.03. The molecule has 1 heterocycles. The first-order valence-corrected chi connectivity index (χ1v) is 9.36. The van der Waals surface area contributed by atoms with Crippen LogP contribution in [0.2, 0.25) is 0 Å². The number of carboxylic acids is 1. The van der Waals surface area contributed by atoms with Crippen LogP contribution >= 0.6 is 11.9 Å². The van der Waals surface area contributed by atoms with Crippen molar-refractivity contribution in [3.8, 4) is 0 Å². The molecule has 2 N–H and O–H groups in total. The Morgan fingerprint density at radius 1 is 1.08 bits per heavy atom. The van der Waals surface area contributed by atoms with Gasteiger partial charge in [0, 0.05) is 17.7 Å². The van der Waals surface area contributed by atoms with Gasteiger partial charge in [0.15, 0.2) is 0 Å². The zero-order valence-corrected chi connectivity index (χ0v) is 14.5. The second kappa shape index (κ2) is 7.86. The van der Waals surface area contributed by atoms with Crippen LogP contribution in [-0.4, -0.2) is 23.4 Å². The van der Waals surface area contributed by atoms with Crippen LogP contribution in [0.1, 0.15) is 29.5 Å². The summed E-state index contributed by atoms with van der Waals surface area (Å²) in [5.74, 6) is 0.341. The lowest BCUT2D eigenvalue weighted by Gasteiger charge is -2.28. The molecule has 1 aliphatic rings. The Bertz CT molecular complexity index is 664. The molecule has 0 amide bonds. The molecule has 4 heteroatoms. The van der Waals surface area contributed by atoms with Gasteiger partial charge in [-0.05, 0) is 36.0 Å². The molecule has 1 fully saturated rings. The molecule has 1 atom stereocenters. The Kier molecular flexibility index (Phi) is 5.59. The second-order valence-electron chi connectivity index (χ2n) is 6.50. The van der Waals surface area contributed by atoms with Crippen molar-refractivity contribution in [1.29, 1.82) is 0 Å². The van der Waals surface area contributed by atoms with Gasteiger partial charge in [0.05, 0.1) is 6.42 Å². The van der Waals surface area contributed by atoms with Crippen LogP contribution < -0.4 is 4.72 Å². The molecule has 1 unspecified atom stereocenters. The highest BCUT2D eigenvalue weighted by molar-refractivity contribution is 7.97. The Morgan fingerprint density at radius 2 is 1.79 bits per heavy atom. The monoisotopic (exact) mass is 341 g/mol. The van der Waals surface area contributed by atoms with Crippen molar-refractivity contribution in [3.63, 3.8) is 0 Å². The highest BCUT2D eigenvalue weighted by atomic mass is 32.2. The molecule has 2 aromatic carbocycles. The first-order valence-electron chi connectivity index (χ1n) is 8.38. The maximum atomic E-state index is 10.7. The second-order valence-corrected chi connectivity index (χ2v) is 7.36. The van der Waals surface area contributed by atoms with Crippen LogP contribution in [0.5, 0.6) is 0 Å². The fraction of sp³-hybridized carbons (Fsp3) is 0.350. The van der Waals surface area contributed by atoms with Crippen molar-refractivity contribution in [2.24, 2.45) is 0 Å². The van der Waals surface area contributed by atoms with E-state index < -0.39 is 5.97 Å². The minimum absolute atomic E-state index is 0.0975. The van der Waals surface area contributed by atoms with Crippen LogP contribution in [0.4, 0.5) is 0 Å². The fourth-order valence-corrected chi connectivity index (χ4v) is 4.51. The third-order valence-electron chi connectivity index (χ3n) is 4.75. The molecule has 3 nitrogen and oxygen atoms in total. The van der Waals surface area contributed by atoms with Gasteiger partial charge in [-0.1, -0.05) is 66.5 Å². The Labute approximate surface area is 147 Å². The molecule has 0 radical (unpaired) electrons. The number of nitrogens with one attached hydrogen (secondary N) is 1. The molecule has 24 heavy (non-hydrogen) atoms. The largest absolute Gasteiger partial charge is 0.481 e. The van der Waals surface area contributed by atoms with E-state index in [1.54, 1.807) is 0 Å². The predicted octanol–water partition coefficient (Wildman–Crippen LogP) is 3.83. The van der Waals surface area contributed by atoms with Gasteiger partial charge in [-0.3, -0.25) is 9.52 Å². The molecule has 0 aromatic heterocycles. The van der Waals surface area contributed by atoms with Gasteiger partial charge in [0.1, 0.15) is 0 Å². The van der Waals surface area contributed by atoms with E-state index in [0.717, 1.165) is 37.1 Å².